The molecule has 2 heteroatoms. The van der Waals surface area contributed by atoms with Gasteiger partial charge in [-0.15, -0.1) is 0 Å². The van der Waals surface area contributed by atoms with Gasteiger partial charge >= 0.3 is 0 Å². The molecular weight excluding hydrogens is 168 g/mol. The summed E-state index contributed by atoms with van der Waals surface area (Å²) in [6, 6.07) is 0. The fourth-order valence-corrected chi connectivity index (χ4v) is 3.29. The zero-order valence-electron chi connectivity index (χ0n) is 7.53. The van der Waals surface area contributed by atoms with Crippen LogP contribution in [-0.2, 0) is 4.74 Å². The molecule has 2 fully saturated rings. The van der Waals surface area contributed by atoms with Gasteiger partial charge in [-0.2, -0.15) is 0 Å². The van der Waals surface area contributed by atoms with E-state index in [1.165, 1.54) is 19.3 Å². The lowest BCUT2D eigenvalue weighted by Gasteiger charge is -2.25. The summed E-state index contributed by atoms with van der Waals surface area (Å²) in [7, 11) is 1.85. The van der Waals surface area contributed by atoms with Crippen molar-refractivity contribution in [3.05, 3.63) is 0 Å². The molecule has 68 valence electrons. The molecule has 12 heavy (non-hydrogen) atoms. The highest BCUT2D eigenvalue weighted by Crippen LogP contribution is 2.50. The minimum Gasteiger partial charge on any atom is -0.381 e. The van der Waals surface area contributed by atoms with Crippen LogP contribution in [0.2, 0.25) is 0 Å². The molecule has 0 aromatic heterocycles. The summed E-state index contributed by atoms with van der Waals surface area (Å²) >= 11 is 4.91. The topological polar surface area (TPSA) is 9.23 Å². The van der Waals surface area contributed by atoms with E-state index < -0.39 is 0 Å². The summed E-state index contributed by atoms with van der Waals surface area (Å²) in [6.07, 6.45) is 5.75. The summed E-state index contributed by atoms with van der Waals surface area (Å²) < 4.78 is 5.44. The molecule has 1 nitrogen and oxygen atoms in total. The van der Waals surface area contributed by atoms with Crippen LogP contribution in [0.1, 0.15) is 25.7 Å². The molecule has 0 saturated heterocycles. The van der Waals surface area contributed by atoms with Crippen molar-refractivity contribution in [2.24, 2.45) is 17.8 Å². The number of hydrogen-bond donors (Lipinski definition) is 0. The fourth-order valence-electron chi connectivity index (χ4n) is 3.04. The van der Waals surface area contributed by atoms with E-state index in [0.717, 1.165) is 24.2 Å². The average molecular weight is 184 g/mol. The average Bonchev–Trinajstić information content (AvgIpc) is 2.62. The molecule has 2 saturated carbocycles. The van der Waals surface area contributed by atoms with Crippen molar-refractivity contribution in [3.8, 4) is 0 Å². The first-order chi connectivity index (χ1) is 5.85. The van der Waals surface area contributed by atoms with E-state index in [4.69, 9.17) is 17.0 Å². The number of hydrogen-bond acceptors (Lipinski definition) is 2. The van der Waals surface area contributed by atoms with Gasteiger partial charge in [-0.25, -0.2) is 0 Å². The van der Waals surface area contributed by atoms with Gasteiger partial charge in [0.2, 0.25) is 0 Å². The molecule has 0 amide bonds. The zero-order valence-corrected chi connectivity index (χ0v) is 8.35. The Kier molecular flexibility index (Phi) is 2.47. The lowest BCUT2D eigenvalue weighted by molar-refractivity contribution is 0.0461. The fraction of sp³-hybridized carbons (Fsp3) is 0.900. The molecule has 2 aliphatic carbocycles. The van der Waals surface area contributed by atoms with Crippen molar-refractivity contribution in [2.45, 2.75) is 31.8 Å². The highest BCUT2D eigenvalue weighted by Gasteiger charge is 2.45. The van der Waals surface area contributed by atoms with Gasteiger partial charge in [0.05, 0.1) is 6.10 Å². The number of ether oxygens (including phenoxy) is 1. The standard InChI is InChI=1S/C10H16OS/c1-11-10-6-8-5-9(10)4-7(8)2-3-12/h3,7-10H,2,4-6H2,1H3. The van der Waals surface area contributed by atoms with Crippen LogP contribution >= 0.6 is 12.2 Å². The van der Waals surface area contributed by atoms with E-state index in [2.05, 4.69) is 0 Å². The van der Waals surface area contributed by atoms with Crippen molar-refractivity contribution in [1.82, 2.24) is 0 Å². The van der Waals surface area contributed by atoms with Crippen molar-refractivity contribution < 1.29 is 4.74 Å². The van der Waals surface area contributed by atoms with Gasteiger partial charge in [0.1, 0.15) is 0 Å². The lowest BCUT2D eigenvalue weighted by atomic mass is 9.85. The van der Waals surface area contributed by atoms with E-state index in [0.29, 0.717) is 6.10 Å². The van der Waals surface area contributed by atoms with Crippen LogP contribution in [0.25, 0.3) is 0 Å². The molecule has 2 rings (SSSR count). The SMILES string of the molecule is COC1CC2CC1CC2CC=S. The normalized spacial score (nSPS) is 45.1. The van der Waals surface area contributed by atoms with Crippen molar-refractivity contribution in [2.75, 3.05) is 7.11 Å². The number of thiocarbonyl (C=S) groups is 1. The molecule has 0 N–H and O–H groups in total. The molecule has 0 heterocycles. The Balaban J connectivity index is 1.93. The third kappa shape index (κ3) is 1.31. The third-order valence-corrected chi connectivity index (χ3v) is 3.83. The minimum atomic E-state index is 0.566. The van der Waals surface area contributed by atoms with Gasteiger partial charge in [-0.3, -0.25) is 0 Å². The Morgan fingerprint density at radius 3 is 2.67 bits per heavy atom. The molecule has 2 bridgehead atoms. The largest absolute Gasteiger partial charge is 0.381 e. The van der Waals surface area contributed by atoms with Crippen molar-refractivity contribution in [1.29, 1.82) is 0 Å². The summed E-state index contributed by atoms with van der Waals surface area (Å²) in [4.78, 5) is 0. The van der Waals surface area contributed by atoms with Crippen LogP contribution in [0, 0.1) is 17.8 Å². The number of fused-ring (bicyclic) bond motifs is 2. The molecule has 0 radical (unpaired) electrons. The Bertz CT molecular complexity index is 181. The Morgan fingerprint density at radius 2 is 2.17 bits per heavy atom. The summed E-state index contributed by atoms with van der Waals surface area (Å²) in [5.41, 5.74) is 0. The molecule has 4 unspecified atom stereocenters. The van der Waals surface area contributed by atoms with E-state index in [1.807, 2.05) is 12.5 Å². The smallest absolute Gasteiger partial charge is 0.0602 e. The molecule has 2 aliphatic rings. The molecule has 4 atom stereocenters. The van der Waals surface area contributed by atoms with Gasteiger partial charge < -0.3 is 4.74 Å². The van der Waals surface area contributed by atoms with Gasteiger partial charge in [-0.05, 0) is 48.8 Å². The van der Waals surface area contributed by atoms with Crippen LogP contribution in [0.5, 0.6) is 0 Å². The molecule has 0 aliphatic heterocycles. The molecule has 0 aromatic rings. The number of rotatable bonds is 3. The summed E-state index contributed by atoms with van der Waals surface area (Å²) in [5, 5.41) is 1.91. The highest BCUT2D eigenvalue weighted by molar-refractivity contribution is 7.78. The van der Waals surface area contributed by atoms with Crippen molar-refractivity contribution in [3.63, 3.8) is 0 Å². The van der Waals surface area contributed by atoms with Crippen LogP contribution in [-0.4, -0.2) is 18.6 Å². The van der Waals surface area contributed by atoms with Gasteiger partial charge in [0.15, 0.2) is 0 Å². The Morgan fingerprint density at radius 1 is 1.33 bits per heavy atom. The highest BCUT2D eigenvalue weighted by atomic mass is 32.1. The van der Waals surface area contributed by atoms with E-state index in [1.54, 1.807) is 0 Å². The maximum atomic E-state index is 5.44. The Hall–Kier alpha value is 0.0500. The Labute approximate surface area is 79.5 Å². The van der Waals surface area contributed by atoms with Crippen molar-refractivity contribution >= 4 is 17.6 Å². The number of methoxy groups -OCH3 is 1. The van der Waals surface area contributed by atoms with E-state index in [9.17, 15) is 0 Å². The maximum absolute atomic E-state index is 5.44. The first-order valence-corrected chi connectivity index (χ1v) is 5.28. The quantitative estimate of drug-likeness (QED) is 0.623. The molecule has 0 spiro atoms. The minimum absolute atomic E-state index is 0.566. The summed E-state index contributed by atoms with van der Waals surface area (Å²) in [6.45, 7) is 0. The monoisotopic (exact) mass is 184 g/mol. The lowest BCUT2D eigenvalue weighted by Crippen LogP contribution is -2.23. The van der Waals surface area contributed by atoms with Crippen LogP contribution < -0.4 is 0 Å². The van der Waals surface area contributed by atoms with E-state index in [-0.39, 0.29) is 0 Å². The van der Waals surface area contributed by atoms with Crippen LogP contribution in [0.15, 0.2) is 0 Å². The van der Waals surface area contributed by atoms with Crippen LogP contribution in [0.4, 0.5) is 0 Å². The van der Waals surface area contributed by atoms with E-state index >= 15 is 0 Å². The third-order valence-electron chi connectivity index (χ3n) is 3.64. The molecular formula is C10H16OS. The van der Waals surface area contributed by atoms with Gasteiger partial charge in [-0.1, -0.05) is 12.2 Å². The van der Waals surface area contributed by atoms with Gasteiger partial charge in [0, 0.05) is 7.11 Å². The second-order valence-corrected chi connectivity index (χ2v) is 4.50. The van der Waals surface area contributed by atoms with Crippen LogP contribution in [0.3, 0.4) is 0 Å². The second kappa shape index (κ2) is 3.43. The maximum Gasteiger partial charge on any atom is 0.0602 e. The summed E-state index contributed by atoms with van der Waals surface area (Å²) in [5.74, 6) is 2.65. The predicted octanol–water partition coefficient (Wildman–Crippen LogP) is 2.44. The van der Waals surface area contributed by atoms with Gasteiger partial charge in [0.25, 0.3) is 0 Å². The first kappa shape index (κ1) is 8.64. The first-order valence-electron chi connectivity index (χ1n) is 4.81. The molecule has 0 aromatic carbocycles. The zero-order chi connectivity index (χ0) is 8.55. The second-order valence-electron chi connectivity index (χ2n) is 4.16. The predicted molar refractivity (Wildman–Crippen MR) is 53.4 cm³/mol.